The van der Waals surface area contributed by atoms with Gasteiger partial charge in [-0.2, -0.15) is 0 Å². The summed E-state index contributed by atoms with van der Waals surface area (Å²) in [4.78, 5) is 18.2. The lowest BCUT2D eigenvalue weighted by molar-refractivity contribution is 0.0785. The number of carbonyl (C=O) groups is 1. The first-order valence-electron chi connectivity index (χ1n) is 6.34. The van der Waals surface area contributed by atoms with Crippen molar-refractivity contribution in [2.45, 2.75) is 6.54 Å². The summed E-state index contributed by atoms with van der Waals surface area (Å²) in [6.45, 7) is 0.326. The molecule has 1 aromatic carbocycles. The minimum Gasteiger partial charge on any atom is -0.372 e. The average molecular weight is 352 g/mol. The van der Waals surface area contributed by atoms with Gasteiger partial charge in [0, 0.05) is 31.3 Å². The number of hydrogen-bond donors (Lipinski definition) is 1. The van der Waals surface area contributed by atoms with E-state index in [0.717, 1.165) is 10.0 Å². The average Bonchev–Trinajstić information content (AvgIpc) is 2.46. The lowest BCUT2D eigenvalue weighted by atomic mass is 10.2. The van der Waals surface area contributed by atoms with E-state index in [9.17, 15) is 9.18 Å². The summed E-state index contributed by atoms with van der Waals surface area (Å²) in [5, 5.41) is 2.89. The van der Waals surface area contributed by atoms with E-state index >= 15 is 0 Å². The molecule has 0 aliphatic carbocycles. The third-order valence-electron chi connectivity index (χ3n) is 2.98. The topological polar surface area (TPSA) is 45.2 Å². The van der Waals surface area contributed by atoms with Gasteiger partial charge in [-0.05, 0) is 39.7 Å². The van der Waals surface area contributed by atoms with E-state index in [-0.39, 0.29) is 11.7 Å². The van der Waals surface area contributed by atoms with Crippen LogP contribution in [0.2, 0.25) is 0 Å². The number of halogens is 2. The molecular weight excluding hydrogens is 337 g/mol. The van der Waals surface area contributed by atoms with Crippen molar-refractivity contribution in [1.82, 2.24) is 9.88 Å². The molecule has 0 aliphatic heterocycles. The standard InChI is InChI=1S/C15H15BrFN3O/c1-18-14-13(7-11(16)8-19-14)15(21)20(2)9-10-4-3-5-12(17)6-10/h3-8H,9H2,1-2H3,(H,18,19). The molecule has 21 heavy (non-hydrogen) atoms. The van der Waals surface area contributed by atoms with Crippen LogP contribution in [-0.2, 0) is 6.54 Å². The second-order valence-electron chi connectivity index (χ2n) is 4.59. The first-order valence-corrected chi connectivity index (χ1v) is 7.13. The zero-order valence-corrected chi connectivity index (χ0v) is 13.3. The SMILES string of the molecule is CNc1ncc(Br)cc1C(=O)N(C)Cc1cccc(F)c1. The van der Waals surface area contributed by atoms with Gasteiger partial charge in [0.1, 0.15) is 11.6 Å². The van der Waals surface area contributed by atoms with Crippen LogP contribution in [0.3, 0.4) is 0 Å². The predicted octanol–water partition coefficient (Wildman–Crippen LogP) is 3.30. The molecule has 1 amide bonds. The summed E-state index contributed by atoms with van der Waals surface area (Å²) >= 11 is 3.31. The normalized spacial score (nSPS) is 10.3. The van der Waals surface area contributed by atoms with Crippen LogP contribution in [-0.4, -0.2) is 29.9 Å². The number of benzene rings is 1. The molecule has 1 aromatic heterocycles. The Hall–Kier alpha value is -1.95. The zero-order chi connectivity index (χ0) is 15.4. The molecule has 1 N–H and O–H groups in total. The molecule has 0 saturated heterocycles. The second kappa shape index (κ2) is 6.67. The molecule has 0 radical (unpaired) electrons. The summed E-state index contributed by atoms with van der Waals surface area (Å²) in [5.41, 5.74) is 1.20. The maximum Gasteiger partial charge on any atom is 0.257 e. The third kappa shape index (κ3) is 3.78. The third-order valence-corrected chi connectivity index (χ3v) is 3.41. The Bertz CT molecular complexity index is 663. The van der Waals surface area contributed by atoms with E-state index in [4.69, 9.17) is 0 Å². The molecule has 2 aromatic rings. The maximum absolute atomic E-state index is 13.2. The first kappa shape index (κ1) is 15.4. The Morgan fingerprint density at radius 2 is 2.19 bits per heavy atom. The number of nitrogens with zero attached hydrogens (tertiary/aromatic N) is 2. The molecule has 0 spiro atoms. The summed E-state index contributed by atoms with van der Waals surface area (Å²) in [7, 11) is 3.38. The van der Waals surface area contributed by atoms with Crippen molar-refractivity contribution in [3.05, 3.63) is 57.9 Å². The molecule has 0 bridgehead atoms. The van der Waals surface area contributed by atoms with Crippen molar-refractivity contribution < 1.29 is 9.18 Å². The van der Waals surface area contributed by atoms with Gasteiger partial charge in [-0.1, -0.05) is 12.1 Å². The quantitative estimate of drug-likeness (QED) is 0.919. The van der Waals surface area contributed by atoms with E-state index in [1.54, 1.807) is 38.5 Å². The minimum absolute atomic E-state index is 0.183. The number of carbonyl (C=O) groups excluding carboxylic acids is 1. The van der Waals surface area contributed by atoms with Crippen LogP contribution in [0, 0.1) is 5.82 Å². The molecule has 0 atom stereocenters. The summed E-state index contributed by atoms with van der Waals surface area (Å²) in [5.74, 6) is 0.0140. The molecule has 110 valence electrons. The number of amides is 1. The molecule has 0 fully saturated rings. The number of nitrogens with one attached hydrogen (secondary N) is 1. The highest BCUT2D eigenvalue weighted by Crippen LogP contribution is 2.20. The number of anilines is 1. The van der Waals surface area contributed by atoms with Crippen LogP contribution in [0.5, 0.6) is 0 Å². The van der Waals surface area contributed by atoms with Gasteiger partial charge in [0.15, 0.2) is 0 Å². The molecule has 0 aliphatic rings. The van der Waals surface area contributed by atoms with Gasteiger partial charge in [-0.15, -0.1) is 0 Å². The van der Waals surface area contributed by atoms with Gasteiger partial charge in [-0.25, -0.2) is 9.37 Å². The summed E-state index contributed by atoms with van der Waals surface area (Å²) in [6.07, 6.45) is 1.62. The lowest BCUT2D eigenvalue weighted by Gasteiger charge is -2.19. The van der Waals surface area contributed by atoms with E-state index in [1.165, 1.54) is 17.0 Å². The molecule has 0 saturated carbocycles. The molecule has 6 heteroatoms. The van der Waals surface area contributed by atoms with Gasteiger partial charge in [0.25, 0.3) is 5.91 Å². The van der Waals surface area contributed by atoms with Crippen LogP contribution < -0.4 is 5.32 Å². The van der Waals surface area contributed by atoms with Gasteiger partial charge in [-0.3, -0.25) is 4.79 Å². The lowest BCUT2D eigenvalue weighted by Crippen LogP contribution is -2.27. The number of rotatable bonds is 4. The Morgan fingerprint density at radius 3 is 2.86 bits per heavy atom. The Kier molecular flexibility index (Phi) is 4.90. The molecule has 0 unspecified atom stereocenters. The van der Waals surface area contributed by atoms with Crippen LogP contribution in [0.4, 0.5) is 10.2 Å². The van der Waals surface area contributed by atoms with Crippen LogP contribution in [0.1, 0.15) is 15.9 Å². The predicted molar refractivity (Wildman–Crippen MR) is 83.7 cm³/mol. The van der Waals surface area contributed by atoms with Gasteiger partial charge in [0.05, 0.1) is 5.56 Å². The van der Waals surface area contributed by atoms with Crippen LogP contribution in [0.25, 0.3) is 0 Å². The molecule has 1 heterocycles. The van der Waals surface area contributed by atoms with E-state index in [1.807, 2.05) is 0 Å². The van der Waals surface area contributed by atoms with Crippen molar-refractivity contribution in [2.24, 2.45) is 0 Å². The smallest absolute Gasteiger partial charge is 0.257 e. The Labute approximate surface area is 131 Å². The van der Waals surface area contributed by atoms with Gasteiger partial charge in [0.2, 0.25) is 0 Å². The molecule has 4 nitrogen and oxygen atoms in total. The van der Waals surface area contributed by atoms with Crippen molar-refractivity contribution in [2.75, 3.05) is 19.4 Å². The second-order valence-corrected chi connectivity index (χ2v) is 5.51. The Morgan fingerprint density at radius 1 is 1.43 bits per heavy atom. The summed E-state index contributed by atoms with van der Waals surface area (Å²) in [6, 6.07) is 7.92. The van der Waals surface area contributed by atoms with Crippen LogP contribution >= 0.6 is 15.9 Å². The highest BCUT2D eigenvalue weighted by molar-refractivity contribution is 9.10. The van der Waals surface area contributed by atoms with Gasteiger partial charge < -0.3 is 10.2 Å². The maximum atomic E-state index is 13.2. The van der Waals surface area contributed by atoms with Crippen molar-refractivity contribution in [1.29, 1.82) is 0 Å². The Balaban J connectivity index is 2.21. The summed E-state index contributed by atoms with van der Waals surface area (Å²) < 4.78 is 13.9. The largest absolute Gasteiger partial charge is 0.372 e. The van der Waals surface area contributed by atoms with Crippen molar-refractivity contribution >= 4 is 27.7 Å². The fourth-order valence-electron chi connectivity index (χ4n) is 1.99. The fourth-order valence-corrected chi connectivity index (χ4v) is 2.32. The van der Waals surface area contributed by atoms with E-state index in [2.05, 4.69) is 26.2 Å². The minimum atomic E-state index is -0.312. The fraction of sp³-hybridized carbons (Fsp3) is 0.200. The number of aromatic nitrogens is 1. The van der Waals surface area contributed by atoms with E-state index < -0.39 is 0 Å². The van der Waals surface area contributed by atoms with Crippen molar-refractivity contribution in [3.63, 3.8) is 0 Å². The monoisotopic (exact) mass is 351 g/mol. The van der Waals surface area contributed by atoms with E-state index in [0.29, 0.717) is 17.9 Å². The van der Waals surface area contributed by atoms with Crippen molar-refractivity contribution in [3.8, 4) is 0 Å². The van der Waals surface area contributed by atoms with Gasteiger partial charge >= 0.3 is 0 Å². The van der Waals surface area contributed by atoms with Crippen LogP contribution in [0.15, 0.2) is 41.0 Å². The molecule has 2 rings (SSSR count). The molecular formula is C15H15BrFN3O. The first-order chi connectivity index (χ1) is 10.0. The number of hydrogen-bond acceptors (Lipinski definition) is 3. The highest BCUT2D eigenvalue weighted by Gasteiger charge is 2.17. The zero-order valence-electron chi connectivity index (χ0n) is 11.7. The highest BCUT2D eigenvalue weighted by atomic mass is 79.9. The number of pyridine rings is 1.